The molecular formula is C13H25N3O2. The van der Waals surface area contributed by atoms with Crippen molar-refractivity contribution in [2.24, 2.45) is 11.7 Å². The van der Waals surface area contributed by atoms with Crippen LogP contribution in [0, 0.1) is 5.92 Å². The van der Waals surface area contributed by atoms with Gasteiger partial charge in [0.1, 0.15) is 6.61 Å². The summed E-state index contributed by atoms with van der Waals surface area (Å²) in [6.07, 6.45) is 1.21. The van der Waals surface area contributed by atoms with Gasteiger partial charge in [-0.3, -0.25) is 4.79 Å². The minimum atomic E-state index is 0.0188. The van der Waals surface area contributed by atoms with Gasteiger partial charge in [0.15, 0.2) is 0 Å². The zero-order valence-corrected chi connectivity index (χ0v) is 11.5. The molecule has 2 aliphatic heterocycles. The van der Waals surface area contributed by atoms with Crippen molar-refractivity contribution in [3.63, 3.8) is 0 Å². The minimum absolute atomic E-state index is 0.0188. The standard InChI is InChI=1S/C13H25N3O2/c1-10(2)15-4-3-11(6-15)7-16-8-12(5-14)18-9-13(16)17/h10-12H,3-9,14H2,1-2H3. The third-order valence-corrected chi connectivity index (χ3v) is 4.01. The monoisotopic (exact) mass is 255 g/mol. The number of hydrogen-bond acceptors (Lipinski definition) is 4. The Morgan fingerprint density at radius 1 is 1.44 bits per heavy atom. The Kier molecular flexibility index (Phi) is 4.59. The topological polar surface area (TPSA) is 58.8 Å². The maximum absolute atomic E-state index is 11.8. The Hall–Kier alpha value is -0.650. The fourth-order valence-electron chi connectivity index (χ4n) is 2.79. The van der Waals surface area contributed by atoms with E-state index in [1.807, 2.05) is 4.90 Å². The van der Waals surface area contributed by atoms with Crippen LogP contribution in [-0.4, -0.2) is 67.2 Å². The minimum Gasteiger partial charge on any atom is -0.365 e. The quantitative estimate of drug-likeness (QED) is 0.762. The van der Waals surface area contributed by atoms with Crippen LogP contribution in [0.25, 0.3) is 0 Å². The molecule has 0 aromatic carbocycles. The van der Waals surface area contributed by atoms with Crippen molar-refractivity contribution in [1.82, 2.24) is 9.80 Å². The lowest BCUT2D eigenvalue weighted by Crippen LogP contribution is -2.50. The molecule has 0 aromatic heterocycles. The van der Waals surface area contributed by atoms with Gasteiger partial charge in [0.25, 0.3) is 0 Å². The number of ether oxygens (including phenoxy) is 1. The average Bonchev–Trinajstić information content (AvgIpc) is 2.81. The highest BCUT2D eigenvalue weighted by Gasteiger charge is 2.30. The van der Waals surface area contributed by atoms with Gasteiger partial charge in [-0.1, -0.05) is 0 Å². The summed E-state index contributed by atoms with van der Waals surface area (Å²) in [6, 6.07) is 0.604. The van der Waals surface area contributed by atoms with Gasteiger partial charge in [-0.05, 0) is 32.7 Å². The second-order valence-electron chi connectivity index (χ2n) is 5.71. The molecule has 5 nitrogen and oxygen atoms in total. The number of nitrogens with two attached hydrogens (primary N) is 1. The maximum Gasteiger partial charge on any atom is 0.248 e. The molecule has 0 spiro atoms. The van der Waals surface area contributed by atoms with Crippen LogP contribution < -0.4 is 5.73 Å². The van der Waals surface area contributed by atoms with Gasteiger partial charge in [0.2, 0.25) is 5.91 Å². The summed E-state index contributed by atoms with van der Waals surface area (Å²) in [6.45, 7) is 8.93. The van der Waals surface area contributed by atoms with Crippen molar-refractivity contribution < 1.29 is 9.53 Å². The van der Waals surface area contributed by atoms with E-state index in [1.54, 1.807) is 0 Å². The summed E-state index contributed by atoms with van der Waals surface area (Å²) in [5.74, 6) is 0.718. The van der Waals surface area contributed by atoms with Crippen LogP contribution in [0.15, 0.2) is 0 Å². The predicted molar refractivity (Wildman–Crippen MR) is 70.2 cm³/mol. The van der Waals surface area contributed by atoms with Gasteiger partial charge >= 0.3 is 0 Å². The first-order chi connectivity index (χ1) is 8.60. The highest BCUT2D eigenvalue weighted by atomic mass is 16.5. The number of hydrogen-bond donors (Lipinski definition) is 1. The molecule has 18 heavy (non-hydrogen) atoms. The van der Waals surface area contributed by atoms with Crippen molar-refractivity contribution in [2.75, 3.05) is 39.3 Å². The lowest BCUT2D eigenvalue weighted by Gasteiger charge is -2.34. The molecule has 0 aliphatic carbocycles. The van der Waals surface area contributed by atoms with E-state index in [-0.39, 0.29) is 18.6 Å². The van der Waals surface area contributed by atoms with Crippen LogP contribution in [0.5, 0.6) is 0 Å². The summed E-state index contributed by atoms with van der Waals surface area (Å²) in [4.78, 5) is 16.2. The third-order valence-electron chi connectivity index (χ3n) is 4.01. The Morgan fingerprint density at radius 3 is 2.83 bits per heavy atom. The highest BCUT2D eigenvalue weighted by molar-refractivity contribution is 5.78. The molecule has 2 atom stereocenters. The summed E-state index contributed by atoms with van der Waals surface area (Å²) in [5.41, 5.74) is 5.61. The molecule has 2 fully saturated rings. The molecule has 2 saturated heterocycles. The molecule has 2 rings (SSSR count). The second-order valence-corrected chi connectivity index (χ2v) is 5.71. The van der Waals surface area contributed by atoms with Crippen LogP contribution in [0.2, 0.25) is 0 Å². The number of nitrogens with zero attached hydrogens (tertiary/aromatic N) is 2. The number of morpholine rings is 1. The number of amides is 1. The molecule has 2 N–H and O–H groups in total. The zero-order valence-electron chi connectivity index (χ0n) is 11.5. The van der Waals surface area contributed by atoms with E-state index < -0.39 is 0 Å². The molecular weight excluding hydrogens is 230 g/mol. The summed E-state index contributed by atoms with van der Waals surface area (Å²) < 4.78 is 5.37. The fourth-order valence-corrected chi connectivity index (χ4v) is 2.79. The molecule has 5 heteroatoms. The van der Waals surface area contributed by atoms with Gasteiger partial charge in [-0.2, -0.15) is 0 Å². The van der Waals surface area contributed by atoms with Crippen molar-refractivity contribution >= 4 is 5.91 Å². The van der Waals surface area contributed by atoms with Crippen LogP contribution >= 0.6 is 0 Å². The van der Waals surface area contributed by atoms with Gasteiger partial charge in [-0.25, -0.2) is 0 Å². The Balaban J connectivity index is 1.83. The van der Waals surface area contributed by atoms with E-state index >= 15 is 0 Å². The van der Waals surface area contributed by atoms with E-state index in [9.17, 15) is 4.79 Å². The average molecular weight is 255 g/mol. The SMILES string of the molecule is CC(C)N1CCC(CN2CC(CN)OCC2=O)C1. The first kappa shape index (κ1) is 13.8. The molecule has 104 valence electrons. The molecule has 1 amide bonds. The molecule has 0 bridgehead atoms. The Labute approximate surface area is 109 Å². The second kappa shape index (κ2) is 5.99. The molecule has 2 heterocycles. The first-order valence-electron chi connectivity index (χ1n) is 6.93. The van der Waals surface area contributed by atoms with Gasteiger partial charge in [0.05, 0.1) is 6.10 Å². The Morgan fingerprint density at radius 2 is 2.22 bits per heavy atom. The largest absolute Gasteiger partial charge is 0.365 e. The van der Waals surface area contributed by atoms with Gasteiger partial charge in [-0.15, -0.1) is 0 Å². The summed E-state index contributed by atoms with van der Waals surface area (Å²) in [5, 5.41) is 0. The van der Waals surface area contributed by atoms with Gasteiger partial charge in [0, 0.05) is 32.2 Å². The molecule has 0 radical (unpaired) electrons. The normalized spacial score (nSPS) is 30.4. The van der Waals surface area contributed by atoms with E-state index in [2.05, 4.69) is 18.7 Å². The first-order valence-corrected chi connectivity index (χ1v) is 6.93. The summed E-state index contributed by atoms with van der Waals surface area (Å²) >= 11 is 0. The van der Waals surface area contributed by atoms with E-state index in [0.29, 0.717) is 25.0 Å². The van der Waals surface area contributed by atoms with Crippen LogP contribution in [0.4, 0.5) is 0 Å². The van der Waals surface area contributed by atoms with Crippen LogP contribution in [0.3, 0.4) is 0 Å². The zero-order chi connectivity index (χ0) is 13.1. The molecule has 2 unspecified atom stereocenters. The maximum atomic E-state index is 11.8. The molecule has 2 aliphatic rings. The van der Waals surface area contributed by atoms with E-state index in [0.717, 1.165) is 19.6 Å². The lowest BCUT2D eigenvalue weighted by molar-refractivity contribution is -0.149. The smallest absolute Gasteiger partial charge is 0.248 e. The fraction of sp³-hybridized carbons (Fsp3) is 0.923. The van der Waals surface area contributed by atoms with E-state index in [1.165, 1.54) is 6.42 Å². The lowest BCUT2D eigenvalue weighted by atomic mass is 10.1. The number of carbonyl (C=O) groups excluding carboxylic acids is 1. The number of carbonyl (C=O) groups is 1. The predicted octanol–water partition coefficient (Wildman–Crippen LogP) is -0.0972. The Bertz CT molecular complexity index is 296. The molecule has 0 saturated carbocycles. The van der Waals surface area contributed by atoms with Crippen molar-refractivity contribution in [1.29, 1.82) is 0 Å². The van der Waals surface area contributed by atoms with Crippen molar-refractivity contribution in [2.45, 2.75) is 32.4 Å². The number of rotatable bonds is 4. The van der Waals surface area contributed by atoms with Crippen LogP contribution in [0.1, 0.15) is 20.3 Å². The number of likely N-dealkylation sites (tertiary alicyclic amines) is 1. The van der Waals surface area contributed by atoms with Crippen molar-refractivity contribution in [3.8, 4) is 0 Å². The molecule has 0 aromatic rings. The van der Waals surface area contributed by atoms with Crippen LogP contribution in [-0.2, 0) is 9.53 Å². The van der Waals surface area contributed by atoms with Gasteiger partial charge < -0.3 is 20.3 Å². The van der Waals surface area contributed by atoms with E-state index in [4.69, 9.17) is 10.5 Å². The third kappa shape index (κ3) is 3.22. The van der Waals surface area contributed by atoms with Crippen molar-refractivity contribution in [3.05, 3.63) is 0 Å². The summed E-state index contributed by atoms with van der Waals surface area (Å²) in [7, 11) is 0. The highest BCUT2D eigenvalue weighted by Crippen LogP contribution is 2.20.